The van der Waals surface area contributed by atoms with E-state index < -0.39 is 6.04 Å². The quantitative estimate of drug-likeness (QED) is 0.669. The number of tetrazole rings is 1. The van der Waals surface area contributed by atoms with Crippen LogP contribution in [0.25, 0.3) is 0 Å². The van der Waals surface area contributed by atoms with Gasteiger partial charge in [0.15, 0.2) is 11.5 Å². The van der Waals surface area contributed by atoms with Gasteiger partial charge in [0.05, 0.1) is 18.8 Å². The third-order valence-corrected chi connectivity index (χ3v) is 5.64. The average Bonchev–Trinajstić information content (AvgIpc) is 3.23. The van der Waals surface area contributed by atoms with Crippen molar-refractivity contribution in [2.24, 2.45) is 0 Å². The van der Waals surface area contributed by atoms with Crippen LogP contribution in [0.3, 0.4) is 0 Å². The third-order valence-electron chi connectivity index (χ3n) is 5.64. The molecular formula is C22H29N5O4. The Morgan fingerprint density at radius 3 is 2.61 bits per heavy atom. The number of allylic oxidation sites excluding steroid dienone is 1. The van der Waals surface area contributed by atoms with Crippen molar-refractivity contribution in [2.75, 3.05) is 18.5 Å². The number of esters is 1. The number of benzene rings is 1. The molecule has 31 heavy (non-hydrogen) atoms. The fraction of sp³-hybridized carbons (Fsp3) is 0.545. The second-order valence-corrected chi connectivity index (χ2v) is 7.75. The zero-order chi connectivity index (χ0) is 21.8. The monoisotopic (exact) mass is 427 g/mol. The van der Waals surface area contributed by atoms with Crippen molar-refractivity contribution in [1.29, 1.82) is 0 Å². The highest BCUT2D eigenvalue weighted by Crippen LogP contribution is 2.39. The smallest absolute Gasteiger partial charge is 0.338 e. The van der Waals surface area contributed by atoms with Gasteiger partial charge in [0.2, 0.25) is 5.95 Å². The van der Waals surface area contributed by atoms with Gasteiger partial charge in [-0.15, -0.1) is 0 Å². The van der Waals surface area contributed by atoms with Crippen LogP contribution in [0.15, 0.2) is 29.5 Å². The molecule has 4 rings (SSSR count). The van der Waals surface area contributed by atoms with Crippen molar-refractivity contribution >= 4 is 11.9 Å². The Balaban J connectivity index is 1.72. The number of carbonyl (C=O) groups excluding carboxylic acids is 1. The molecule has 0 radical (unpaired) electrons. The highest BCUT2D eigenvalue weighted by Gasteiger charge is 2.36. The summed E-state index contributed by atoms with van der Waals surface area (Å²) in [7, 11) is 0. The van der Waals surface area contributed by atoms with Crippen molar-refractivity contribution in [1.82, 2.24) is 20.2 Å². The molecule has 2 aromatic rings. The van der Waals surface area contributed by atoms with E-state index in [1.165, 1.54) is 6.42 Å². The molecule has 0 saturated heterocycles. The second kappa shape index (κ2) is 9.36. The molecule has 0 amide bonds. The summed E-state index contributed by atoms with van der Waals surface area (Å²) in [5.74, 6) is 1.41. The van der Waals surface area contributed by atoms with Gasteiger partial charge in [0.25, 0.3) is 0 Å². The lowest BCUT2D eigenvalue weighted by Gasteiger charge is -2.29. The van der Waals surface area contributed by atoms with E-state index in [9.17, 15) is 4.79 Å². The molecule has 1 aromatic carbocycles. The summed E-state index contributed by atoms with van der Waals surface area (Å²) >= 11 is 0. The largest absolute Gasteiger partial charge is 0.490 e. The predicted octanol–water partition coefficient (Wildman–Crippen LogP) is 3.64. The Morgan fingerprint density at radius 1 is 1.13 bits per heavy atom. The predicted molar refractivity (Wildman–Crippen MR) is 114 cm³/mol. The molecule has 1 N–H and O–H groups in total. The van der Waals surface area contributed by atoms with Crippen LogP contribution in [0.5, 0.6) is 11.5 Å². The minimum absolute atomic E-state index is 0.0446. The molecule has 1 aliphatic heterocycles. The maximum absolute atomic E-state index is 13.3. The summed E-state index contributed by atoms with van der Waals surface area (Å²) in [4.78, 5) is 13.3. The Kier molecular flexibility index (Phi) is 6.39. The molecule has 0 spiro atoms. The first-order chi connectivity index (χ1) is 15.1. The van der Waals surface area contributed by atoms with E-state index in [2.05, 4.69) is 20.8 Å². The molecule has 1 aromatic heterocycles. The van der Waals surface area contributed by atoms with E-state index in [0.29, 0.717) is 41.9 Å². The first kappa shape index (κ1) is 21.1. The van der Waals surface area contributed by atoms with Gasteiger partial charge in [0.1, 0.15) is 12.1 Å². The third kappa shape index (κ3) is 4.35. The maximum atomic E-state index is 13.3. The van der Waals surface area contributed by atoms with Crippen LogP contribution >= 0.6 is 0 Å². The van der Waals surface area contributed by atoms with Crippen LogP contribution in [0.4, 0.5) is 5.95 Å². The molecule has 1 saturated carbocycles. The van der Waals surface area contributed by atoms with Gasteiger partial charge in [-0.3, -0.25) is 0 Å². The van der Waals surface area contributed by atoms with E-state index in [1.807, 2.05) is 39.0 Å². The van der Waals surface area contributed by atoms with Gasteiger partial charge >= 0.3 is 5.97 Å². The zero-order valence-corrected chi connectivity index (χ0v) is 18.3. The minimum Gasteiger partial charge on any atom is -0.490 e. The minimum atomic E-state index is -0.530. The molecule has 1 atom stereocenters. The number of hydrogen-bond acceptors (Lipinski definition) is 8. The molecule has 2 heterocycles. The number of aromatic nitrogens is 4. The number of rotatable bonds is 7. The SMILES string of the molecule is CCOc1ccc(C2C(C(=O)OC3CCCCC3)=C(C)Nc3nnnn32)cc1OCC. The molecule has 1 fully saturated rings. The summed E-state index contributed by atoms with van der Waals surface area (Å²) in [5.41, 5.74) is 1.99. The van der Waals surface area contributed by atoms with Crippen molar-refractivity contribution in [2.45, 2.75) is 65.0 Å². The molecular weight excluding hydrogens is 398 g/mol. The van der Waals surface area contributed by atoms with Crippen LogP contribution in [0.1, 0.15) is 64.5 Å². The van der Waals surface area contributed by atoms with Gasteiger partial charge < -0.3 is 19.5 Å². The van der Waals surface area contributed by atoms with Crippen LogP contribution < -0.4 is 14.8 Å². The normalized spacial score (nSPS) is 18.9. The topological polar surface area (TPSA) is 100 Å². The fourth-order valence-corrected chi connectivity index (χ4v) is 4.22. The summed E-state index contributed by atoms with van der Waals surface area (Å²) < 4.78 is 19.0. The van der Waals surface area contributed by atoms with Crippen LogP contribution in [0.2, 0.25) is 0 Å². The summed E-state index contributed by atoms with van der Waals surface area (Å²) in [6.45, 7) is 6.72. The Bertz CT molecular complexity index is 965. The van der Waals surface area contributed by atoms with Gasteiger partial charge in [-0.05, 0) is 74.6 Å². The van der Waals surface area contributed by atoms with Crippen LogP contribution in [0, 0.1) is 0 Å². The molecule has 166 valence electrons. The first-order valence-electron chi connectivity index (χ1n) is 11.0. The Morgan fingerprint density at radius 2 is 1.87 bits per heavy atom. The van der Waals surface area contributed by atoms with Crippen LogP contribution in [-0.4, -0.2) is 45.5 Å². The molecule has 1 unspecified atom stereocenters. The Labute approximate surface area is 181 Å². The molecule has 9 nitrogen and oxygen atoms in total. The van der Waals surface area contributed by atoms with Gasteiger partial charge in [0, 0.05) is 5.70 Å². The van der Waals surface area contributed by atoms with Crippen molar-refractivity contribution in [3.05, 3.63) is 35.0 Å². The number of carbonyl (C=O) groups is 1. The number of ether oxygens (including phenoxy) is 3. The lowest BCUT2D eigenvalue weighted by molar-refractivity contribution is -0.146. The highest BCUT2D eigenvalue weighted by molar-refractivity contribution is 5.92. The Hall–Kier alpha value is -3.10. The van der Waals surface area contributed by atoms with Gasteiger partial charge in [-0.2, -0.15) is 4.68 Å². The summed E-state index contributed by atoms with van der Waals surface area (Å²) in [6.07, 6.45) is 5.14. The average molecular weight is 428 g/mol. The van der Waals surface area contributed by atoms with E-state index in [-0.39, 0.29) is 12.1 Å². The number of fused-ring (bicyclic) bond motifs is 1. The molecule has 0 bridgehead atoms. The molecule has 9 heteroatoms. The van der Waals surface area contributed by atoms with E-state index in [1.54, 1.807) is 4.68 Å². The second-order valence-electron chi connectivity index (χ2n) is 7.75. The first-order valence-corrected chi connectivity index (χ1v) is 11.0. The van der Waals surface area contributed by atoms with E-state index in [4.69, 9.17) is 14.2 Å². The van der Waals surface area contributed by atoms with Crippen molar-refractivity contribution < 1.29 is 19.0 Å². The van der Waals surface area contributed by atoms with Gasteiger partial charge in [-0.25, -0.2) is 4.79 Å². The molecule has 2 aliphatic rings. The standard InChI is InChI=1S/C22H29N5O4/c1-4-29-17-12-11-15(13-18(17)30-5-2)20-19(14(3)23-22-24-25-26-27(20)22)21(28)31-16-9-7-6-8-10-16/h11-13,16,20H,4-10H2,1-3H3,(H,23,24,26). The zero-order valence-electron chi connectivity index (χ0n) is 18.3. The summed E-state index contributed by atoms with van der Waals surface area (Å²) in [5, 5.41) is 15.1. The van der Waals surface area contributed by atoms with Crippen molar-refractivity contribution in [3.63, 3.8) is 0 Å². The van der Waals surface area contributed by atoms with Crippen LogP contribution in [-0.2, 0) is 9.53 Å². The molecule has 1 aliphatic carbocycles. The van der Waals surface area contributed by atoms with E-state index in [0.717, 1.165) is 31.2 Å². The number of anilines is 1. The number of nitrogens with zero attached hydrogens (tertiary/aromatic N) is 4. The van der Waals surface area contributed by atoms with Crippen molar-refractivity contribution in [3.8, 4) is 11.5 Å². The highest BCUT2D eigenvalue weighted by atomic mass is 16.5. The maximum Gasteiger partial charge on any atom is 0.338 e. The number of nitrogens with one attached hydrogen (secondary N) is 1. The number of hydrogen-bond donors (Lipinski definition) is 1. The summed E-state index contributed by atoms with van der Waals surface area (Å²) in [6, 6.07) is 5.12. The fourth-order valence-electron chi connectivity index (χ4n) is 4.22. The van der Waals surface area contributed by atoms with Gasteiger partial charge in [-0.1, -0.05) is 17.6 Å². The lowest BCUT2D eigenvalue weighted by atomic mass is 9.94. The van der Waals surface area contributed by atoms with E-state index >= 15 is 0 Å². The lowest BCUT2D eigenvalue weighted by Crippen LogP contribution is -2.32.